The maximum Gasteiger partial charge on any atom is 0.265 e. The fourth-order valence-corrected chi connectivity index (χ4v) is 3.69. The van der Waals surface area contributed by atoms with E-state index in [0.29, 0.717) is 19.7 Å². The summed E-state index contributed by atoms with van der Waals surface area (Å²) in [5.74, 6) is 2.43. The first-order valence-electron chi connectivity index (χ1n) is 9.97. The van der Waals surface area contributed by atoms with Gasteiger partial charge in [0, 0.05) is 32.1 Å². The van der Waals surface area contributed by atoms with E-state index in [1.807, 2.05) is 42.5 Å². The van der Waals surface area contributed by atoms with Crippen LogP contribution in [-0.4, -0.2) is 45.2 Å². The van der Waals surface area contributed by atoms with Gasteiger partial charge in [0.1, 0.15) is 11.5 Å². The Morgan fingerprint density at radius 1 is 1.14 bits per heavy atom. The lowest BCUT2D eigenvalue weighted by Gasteiger charge is -2.30. The van der Waals surface area contributed by atoms with Crippen molar-refractivity contribution in [3.05, 3.63) is 54.1 Å². The molecule has 0 fully saturated rings. The Hall–Kier alpha value is -3.22. The lowest BCUT2D eigenvalue weighted by atomic mass is 10.0. The molecule has 0 saturated carbocycles. The van der Waals surface area contributed by atoms with Crippen molar-refractivity contribution < 1.29 is 14.3 Å². The number of ether oxygens (including phenoxy) is 2. The highest BCUT2D eigenvalue weighted by atomic mass is 16.5. The number of rotatable bonds is 5. The highest BCUT2D eigenvalue weighted by Crippen LogP contribution is 2.32. The highest BCUT2D eigenvalue weighted by molar-refractivity contribution is 5.97. The van der Waals surface area contributed by atoms with Crippen molar-refractivity contribution in [2.45, 2.75) is 18.9 Å². The summed E-state index contributed by atoms with van der Waals surface area (Å²) in [6, 6.07) is 15.9. The van der Waals surface area contributed by atoms with Crippen LogP contribution in [0.4, 0.5) is 5.69 Å². The van der Waals surface area contributed by atoms with Crippen molar-refractivity contribution in [2.24, 2.45) is 4.99 Å². The molecule has 0 aliphatic carbocycles. The van der Waals surface area contributed by atoms with Crippen LogP contribution in [0.15, 0.2) is 53.5 Å². The molecule has 1 atom stereocenters. The van der Waals surface area contributed by atoms with E-state index >= 15 is 0 Å². The SMILES string of the molecule is CN=C(NCCCN1C(=O)COc2ccccc21)NC1CCOc2ccccc21. The maximum absolute atomic E-state index is 12.3. The molecule has 0 bridgehead atoms. The molecule has 152 valence electrons. The molecule has 2 aromatic rings. The lowest BCUT2D eigenvalue weighted by Crippen LogP contribution is -2.43. The third-order valence-electron chi connectivity index (χ3n) is 5.15. The Labute approximate surface area is 170 Å². The number of nitrogens with zero attached hydrogens (tertiary/aromatic N) is 2. The molecule has 2 aliphatic heterocycles. The van der Waals surface area contributed by atoms with Crippen LogP contribution in [0.3, 0.4) is 0 Å². The zero-order valence-electron chi connectivity index (χ0n) is 16.6. The van der Waals surface area contributed by atoms with Gasteiger partial charge in [-0.1, -0.05) is 30.3 Å². The Morgan fingerprint density at radius 2 is 1.93 bits per heavy atom. The molecule has 0 spiro atoms. The molecule has 2 N–H and O–H groups in total. The van der Waals surface area contributed by atoms with Crippen LogP contribution in [-0.2, 0) is 4.79 Å². The van der Waals surface area contributed by atoms with Crippen LogP contribution in [0.2, 0.25) is 0 Å². The summed E-state index contributed by atoms with van der Waals surface area (Å²) in [6.07, 6.45) is 1.68. The van der Waals surface area contributed by atoms with Crippen molar-refractivity contribution in [3.63, 3.8) is 0 Å². The molecule has 1 amide bonds. The first kappa shape index (κ1) is 19.1. The quantitative estimate of drug-likeness (QED) is 0.463. The van der Waals surface area contributed by atoms with Gasteiger partial charge in [-0.05, 0) is 24.6 Å². The molecule has 29 heavy (non-hydrogen) atoms. The minimum absolute atomic E-state index is 0.00924. The minimum atomic E-state index is -0.00924. The fraction of sp³-hybridized carbons (Fsp3) is 0.364. The first-order chi connectivity index (χ1) is 14.3. The standard InChI is InChI=1S/C22H26N4O3/c1-23-22(25-17-11-14-28-19-9-4-2-7-16(17)19)24-12-6-13-26-18-8-3-5-10-20(18)29-15-21(26)27/h2-5,7-10,17H,6,11-15H2,1H3,(H2,23,24,25). The lowest BCUT2D eigenvalue weighted by molar-refractivity contribution is -0.121. The number of para-hydroxylation sites is 3. The molecule has 7 nitrogen and oxygen atoms in total. The molecule has 2 aliphatic rings. The number of hydrogen-bond donors (Lipinski definition) is 2. The van der Waals surface area contributed by atoms with Gasteiger partial charge in [-0.2, -0.15) is 0 Å². The molecule has 2 heterocycles. The second-order valence-electron chi connectivity index (χ2n) is 7.03. The van der Waals surface area contributed by atoms with E-state index in [9.17, 15) is 4.79 Å². The predicted octanol–water partition coefficient (Wildman–Crippen LogP) is 2.49. The number of guanidine groups is 1. The normalized spacial score (nSPS) is 18.2. The zero-order chi connectivity index (χ0) is 20.1. The monoisotopic (exact) mass is 394 g/mol. The molecule has 7 heteroatoms. The number of aliphatic imine (C=N–C) groups is 1. The van der Waals surface area contributed by atoms with Gasteiger partial charge in [-0.15, -0.1) is 0 Å². The summed E-state index contributed by atoms with van der Waals surface area (Å²) in [5, 5.41) is 6.84. The Kier molecular flexibility index (Phi) is 5.84. The van der Waals surface area contributed by atoms with Gasteiger partial charge < -0.3 is 25.0 Å². The number of carbonyl (C=O) groups excluding carboxylic acids is 1. The average Bonchev–Trinajstić information content (AvgIpc) is 2.77. The first-order valence-corrected chi connectivity index (χ1v) is 9.97. The van der Waals surface area contributed by atoms with Crippen LogP contribution < -0.4 is 25.0 Å². The molecule has 2 aromatic carbocycles. The molecule has 0 aromatic heterocycles. The predicted molar refractivity (Wildman–Crippen MR) is 113 cm³/mol. The number of hydrogen-bond acceptors (Lipinski definition) is 4. The number of anilines is 1. The van der Waals surface area contributed by atoms with Gasteiger partial charge in [-0.3, -0.25) is 9.79 Å². The summed E-state index contributed by atoms with van der Waals surface area (Å²) >= 11 is 0. The van der Waals surface area contributed by atoms with Gasteiger partial charge in [0.2, 0.25) is 0 Å². The molecule has 0 radical (unpaired) electrons. The van der Waals surface area contributed by atoms with Gasteiger partial charge in [0.15, 0.2) is 12.6 Å². The van der Waals surface area contributed by atoms with Crippen LogP contribution in [0.5, 0.6) is 11.5 Å². The van der Waals surface area contributed by atoms with E-state index in [2.05, 4.69) is 21.7 Å². The van der Waals surface area contributed by atoms with E-state index in [-0.39, 0.29) is 18.6 Å². The van der Waals surface area contributed by atoms with Crippen LogP contribution in [0, 0.1) is 0 Å². The number of nitrogens with one attached hydrogen (secondary N) is 2. The van der Waals surface area contributed by atoms with Crippen molar-refractivity contribution >= 4 is 17.6 Å². The highest BCUT2D eigenvalue weighted by Gasteiger charge is 2.25. The third kappa shape index (κ3) is 4.29. The largest absolute Gasteiger partial charge is 0.493 e. The summed E-state index contributed by atoms with van der Waals surface area (Å²) < 4.78 is 11.2. The van der Waals surface area contributed by atoms with Crippen LogP contribution in [0.25, 0.3) is 0 Å². The fourth-order valence-electron chi connectivity index (χ4n) is 3.69. The van der Waals surface area contributed by atoms with Crippen LogP contribution in [0.1, 0.15) is 24.4 Å². The zero-order valence-corrected chi connectivity index (χ0v) is 16.6. The molecular weight excluding hydrogens is 368 g/mol. The number of amides is 1. The second-order valence-corrected chi connectivity index (χ2v) is 7.03. The smallest absolute Gasteiger partial charge is 0.265 e. The van der Waals surface area contributed by atoms with E-state index < -0.39 is 0 Å². The minimum Gasteiger partial charge on any atom is -0.493 e. The Balaban J connectivity index is 1.30. The summed E-state index contributed by atoms with van der Waals surface area (Å²) in [5.41, 5.74) is 1.99. The Bertz CT molecular complexity index is 899. The average molecular weight is 394 g/mol. The van der Waals surface area contributed by atoms with Crippen molar-refractivity contribution in [2.75, 3.05) is 38.3 Å². The van der Waals surface area contributed by atoms with Crippen molar-refractivity contribution in [3.8, 4) is 11.5 Å². The third-order valence-corrected chi connectivity index (χ3v) is 5.15. The molecule has 1 unspecified atom stereocenters. The second kappa shape index (κ2) is 8.86. The van der Waals surface area contributed by atoms with E-state index in [0.717, 1.165) is 41.6 Å². The van der Waals surface area contributed by atoms with Crippen LogP contribution >= 0.6 is 0 Å². The van der Waals surface area contributed by atoms with Gasteiger partial charge in [0.25, 0.3) is 5.91 Å². The van der Waals surface area contributed by atoms with E-state index in [1.54, 1.807) is 11.9 Å². The number of fused-ring (bicyclic) bond motifs is 2. The summed E-state index contributed by atoms with van der Waals surface area (Å²) in [4.78, 5) is 18.4. The number of benzene rings is 2. The van der Waals surface area contributed by atoms with E-state index in [1.165, 1.54) is 0 Å². The summed E-state index contributed by atoms with van der Waals surface area (Å²) in [7, 11) is 1.77. The summed E-state index contributed by atoms with van der Waals surface area (Å²) in [6.45, 7) is 2.11. The Morgan fingerprint density at radius 3 is 2.79 bits per heavy atom. The van der Waals surface area contributed by atoms with E-state index in [4.69, 9.17) is 9.47 Å². The van der Waals surface area contributed by atoms with Gasteiger partial charge >= 0.3 is 0 Å². The molecule has 0 saturated heterocycles. The van der Waals surface area contributed by atoms with Gasteiger partial charge in [0.05, 0.1) is 18.3 Å². The molecule has 4 rings (SSSR count). The van der Waals surface area contributed by atoms with Crippen molar-refractivity contribution in [1.82, 2.24) is 10.6 Å². The van der Waals surface area contributed by atoms with Gasteiger partial charge in [-0.25, -0.2) is 0 Å². The molecular formula is C22H26N4O3. The topological polar surface area (TPSA) is 75.2 Å². The number of carbonyl (C=O) groups is 1. The van der Waals surface area contributed by atoms with Crippen molar-refractivity contribution in [1.29, 1.82) is 0 Å². The maximum atomic E-state index is 12.3.